The first-order valence-electron chi connectivity index (χ1n) is 6.80. The second-order valence-electron chi connectivity index (χ2n) is 5.22. The number of nitrogens with zero attached hydrogens (tertiary/aromatic N) is 1. The molecular weight excluding hydrogens is 269 g/mol. The number of halogens is 1. The van der Waals surface area contributed by atoms with Crippen molar-refractivity contribution in [1.29, 1.82) is 5.26 Å². The molecule has 1 aromatic rings. The molecule has 0 spiro atoms. The van der Waals surface area contributed by atoms with E-state index >= 15 is 0 Å². The Labute approximate surface area is 121 Å². The summed E-state index contributed by atoms with van der Waals surface area (Å²) >= 11 is 0. The summed E-state index contributed by atoms with van der Waals surface area (Å²) in [5.74, 6) is -0.550. The lowest BCUT2D eigenvalue weighted by Gasteiger charge is -2.32. The van der Waals surface area contributed by atoms with Crippen molar-refractivity contribution in [3.63, 3.8) is 0 Å². The Hall–Kier alpha value is -2.61. The maximum atomic E-state index is 13.1. The van der Waals surface area contributed by atoms with Gasteiger partial charge in [-0.15, -0.1) is 0 Å². The van der Waals surface area contributed by atoms with Crippen LogP contribution in [0.2, 0.25) is 0 Å². The van der Waals surface area contributed by atoms with Gasteiger partial charge in [0, 0.05) is 17.7 Å². The van der Waals surface area contributed by atoms with E-state index in [0.29, 0.717) is 23.1 Å². The standard InChI is InChI=1S/C16H14FN3O/c17-10-6-4-9(5-7-10)14-11(8-18)16(19)20-12-2-1-3-13(21)15(12)14/h4-7,14,20H,1-3,19H2/t14-/m1/s1. The number of Topliss-reactive ketones (excluding diaryl/α,β-unsaturated/α-hetero) is 1. The van der Waals surface area contributed by atoms with Gasteiger partial charge in [-0.1, -0.05) is 12.1 Å². The topological polar surface area (TPSA) is 78.9 Å². The van der Waals surface area contributed by atoms with Crippen molar-refractivity contribution >= 4 is 5.78 Å². The normalized spacial score (nSPS) is 21.7. The molecule has 2 aliphatic rings. The molecule has 0 unspecified atom stereocenters. The predicted octanol–water partition coefficient (Wildman–Crippen LogP) is 2.21. The van der Waals surface area contributed by atoms with Gasteiger partial charge in [0.2, 0.25) is 0 Å². The van der Waals surface area contributed by atoms with Gasteiger partial charge in [0.25, 0.3) is 0 Å². The number of carbonyl (C=O) groups is 1. The van der Waals surface area contributed by atoms with Gasteiger partial charge in [-0.05, 0) is 30.5 Å². The van der Waals surface area contributed by atoms with Gasteiger partial charge in [-0.3, -0.25) is 4.79 Å². The average molecular weight is 283 g/mol. The Bertz CT molecular complexity index is 710. The Balaban J connectivity index is 2.17. The minimum absolute atomic E-state index is 0.0262. The highest BCUT2D eigenvalue weighted by molar-refractivity contribution is 5.99. The molecule has 1 aliphatic carbocycles. The molecule has 4 nitrogen and oxygen atoms in total. The largest absolute Gasteiger partial charge is 0.384 e. The SMILES string of the molecule is N#CC1=C(N)NC2=C(C(=O)CCC2)[C@@H]1c1ccc(F)cc1. The van der Waals surface area contributed by atoms with Crippen molar-refractivity contribution in [3.8, 4) is 6.07 Å². The summed E-state index contributed by atoms with van der Waals surface area (Å²) < 4.78 is 13.1. The van der Waals surface area contributed by atoms with E-state index in [-0.39, 0.29) is 17.4 Å². The molecular formula is C16H14FN3O. The van der Waals surface area contributed by atoms with Gasteiger partial charge in [-0.2, -0.15) is 5.26 Å². The first-order valence-corrected chi connectivity index (χ1v) is 6.80. The lowest BCUT2D eigenvalue weighted by Crippen LogP contribution is -2.35. The van der Waals surface area contributed by atoms with E-state index in [0.717, 1.165) is 18.5 Å². The van der Waals surface area contributed by atoms with Gasteiger partial charge in [-0.25, -0.2) is 4.39 Å². The first kappa shape index (κ1) is 13.4. The molecule has 106 valence electrons. The van der Waals surface area contributed by atoms with E-state index in [1.54, 1.807) is 12.1 Å². The van der Waals surface area contributed by atoms with Crippen LogP contribution in [-0.2, 0) is 4.79 Å². The summed E-state index contributed by atoms with van der Waals surface area (Å²) in [5.41, 5.74) is 8.33. The summed E-state index contributed by atoms with van der Waals surface area (Å²) in [7, 11) is 0. The molecule has 0 saturated carbocycles. The number of dihydropyridines is 1. The minimum Gasteiger partial charge on any atom is -0.384 e. The third kappa shape index (κ3) is 2.19. The van der Waals surface area contributed by atoms with E-state index in [1.165, 1.54) is 12.1 Å². The minimum atomic E-state index is -0.500. The molecule has 0 aromatic heterocycles. The quantitative estimate of drug-likeness (QED) is 0.828. The van der Waals surface area contributed by atoms with Crippen LogP contribution in [0.15, 0.2) is 46.9 Å². The number of benzene rings is 1. The zero-order chi connectivity index (χ0) is 15.0. The van der Waals surface area contributed by atoms with Crippen LogP contribution < -0.4 is 11.1 Å². The second-order valence-corrected chi connectivity index (χ2v) is 5.22. The first-order chi connectivity index (χ1) is 10.1. The van der Waals surface area contributed by atoms with Crippen LogP contribution in [0.3, 0.4) is 0 Å². The van der Waals surface area contributed by atoms with Crippen molar-refractivity contribution in [1.82, 2.24) is 5.32 Å². The van der Waals surface area contributed by atoms with Crippen LogP contribution in [0.5, 0.6) is 0 Å². The molecule has 0 saturated heterocycles. The molecule has 21 heavy (non-hydrogen) atoms. The Morgan fingerprint density at radius 1 is 1.29 bits per heavy atom. The fourth-order valence-electron chi connectivity index (χ4n) is 2.97. The molecule has 1 aliphatic heterocycles. The summed E-state index contributed by atoms with van der Waals surface area (Å²) in [6.07, 6.45) is 1.98. The maximum Gasteiger partial charge on any atom is 0.161 e. The van der Waals surface area contributed by atoms with Crippen LogP contribution in [0.25, 0.3) is 0 Å². The molecule has 0 radical (unpaired) electrons. The molecule has 0 bridgehead atoms. The Morgan fingerprint density at radius 2 is 2.00 bits per heavy atom. The van der Waals surface area contributed by atoms with Crippen LogP contribution in [0, 0.1) is 17.1 Å². The van der Waals surface area contributed by atoms with Gasteiger partial charge in [0.05, 0.1) is 17.6 Å². The van der Waals surface area contributed by atoms with Crippen molar-refractivity contribution in [2.24, 2.45) is 5.73 Å². The zero-order valence-corrected chi connectivity index (χ0v) is 11.3. The van der Waals surface area contributed by atoms with Crippen LogP contribution >= 0.6 is 0 Å². The van der Waals surface area contributed by atoms with Crippen LogP contribution in [0.1, 0.15) is 30.7 Å². The van der Waals surface area contributed by atoms with Gasteiger partial charge < -0.3 is 11.1 Å². The van der Waals surface area contributed by atoms with Gasteiger partial charge in [0.15, 0.2) is 5.78 Å². The van der Waals surface area contributed by atoms with Crippen molar-refractivity contribution in [2.75, 3.05) is 0 Å². The van der Waals surface area contributed by atoms with E-state index in [1.807, 2.05) is 0 Å². The fraction of sp³-hybridized carbons (Fsp3) is 0.250. The van der Waals surface area contributed by atoms with E-state index in [9.17, 15) is 14.4 Å². The molecule has 5 heteroatoms. The van der Waals surface area contributed by atoms with Crippen LogP contribution in [-0.4, -0.2) is 5.78 Å². The number of hydrogen-bond acceptors (Lipinski definition) is 4. The predicted molar refractivity (Wildman–Crippen MR) is 75.0 cm³/mol. The Kier molecular flexibility index (Phi) is 3.22. The fourth-order valence-corrected chi connectivity index (χ4v) is 2.97. The van der Waals surface area contributed by atoms with E-state index in [2.05, 4.69) is 11.4 Å². The van der Waals surface area contributed by atoms with Gasteiger partial charge >= 0.3 is 0 Å². The third-order valence-corrected chi connectivity index (χ3v) is 3.93. The highest BCUT2D eigenvalue weighted by Gasteiger charge is 2.36. The van der Waals surface area contributed by atoms with Crippen LogP contribution in [0.4, 0.5) is 4.39 Å². The highest BCUT2D eigenvalue weighted by Crippen LogP contribution is 2.40. The van der Waals surface area contributed by atoms with Crippen molar-refractivity contribution in [3.05, 3.63) is 58.3 Å². The number of carbonyl (C=O) groups excluding carboxylic acids is 1. The lowest BCUT2D eigenvalue weighted by molar-refractivity contribution is -0.116. The summed E-state index contributed by atoms with van der Waals surface area (Å²) in [6, 6.07) is 7.94. The highest BCUT2D eigenvalue weighted by atomic mass is 19.1. The van der Waals surface area contributed by atoms with Crippen molar-refractivity contribution in [2.45, 2.75) is 25.2 Å². The number of nitrogens with one attached hydrogen (secondary N) is 1. The monoisotopic (exact) mass is 283 g/mol. The third-order valence-electron chi connectivity index (χ3n) is 3.93. The second kappa shape index (κ2) is 5.06. The number of rotatable bonds is 1. The van der Waals surface area contributed by atoms with Crippen molar-refractivity contribution < 1.29 is 9.18 Å². The summed E-state index contributed by atoms with van der Waals surface area (Å²) in [4.78, 5) is 12.3. The number of allylic oxidation sites excluding steroid dienone is 3. The number of ketones is 1. The van der Waals surface area contributed by atoms with E-state index in [4.69, 9.17) is 5.73 Å². The molecule has 0 fully saturated rings. The smallest absolute Gasteiger partial charge is 0.161 e. The van der Waals surface area contributed by atoms with E-state index < -0.39 is 5.92 Å². The molecule has 1 atom stereocenters. The number of hydrogen-bond donors (Lipinski definition) is 2. The maximum absolute atomic E-state index is 13.1. The Morgan fingerprint density at radius 3 is 2.67 bits per heavy atom. The summed E-state index contributed by atoms with van der Waals surface area (Å²) in [5, 5.41) is 12.4. The molecule has 1 heterocycles. The number of nitrogens with two attached hydrogens (primary N) is 1. The number of nitriles is 1. The molecule has 3 rings (SSSR count). The molecule has 3 N–H and O–H groups in total. The lowest BCUT2D eigenvalue weighted by atomic mass is 9.76. The average Bonchev–Trinajstić information content (AvgIpc) is 2.47. The zero-order valence-electron chi connectivity index (χ0n) is 11.3. The van der Waals surface area contributed by atoms with Gasteiger partial charge in [0.1, 0.15) is 11.6 Å². The molecule has 0 amide bonds. The summed E-state index contributed by atoms with van der Waals surface area (Å²) in [6.45, 7) is 0. The molecule has 1 aromatic carbocycles.